The van der Waals surface area contributed by atoms with Gasteiger partial charge in [0, 0.05) is 10.8 Å². The molecule has 0 saturated heterocycles. The predicted molar refractivity (Wildman–Crippen MR) is 187 cm³/mol. The van der Waals surface area contributed by atoms with Crippen molar-refractivity contribution < 1.29 is 0 Å². The molecule has 0 amide bonds. The SMILES string of the molecule is CC1(C)c2ccccc2-c2ccc(-c3ccc(-c4ccc5c(c4)C(C)(C)c4ccccc4-5)c4cc5ccccc5cc34)cc21. The molecule has 0 spiro atoms. The van der Waals surface area contributed by atoms with Gasteiger partial charge in [0.15, 0.2) is 0 Å². The fourth-order valence-electron chi connectivity index (χ4n) is 8.28. The van der Waals surface area contributed by atoms with Gasteiger partial charge in [-0.05, 0) is 113 Å². The van der Waals surface area contributed by atoms with Gasteiger partial charge in [0.05, 0.1) is 0 Å². The summed E-state index contributed by atoms with van der Waals surface area (Å²) in [5, 5.41) is 5.16. The van der Waals surface area contributed by atoms with Gasteiger partial charge in [0.25, 0.3) is 0 Å². The Bertz CT molecular complexity index is 2160. The Labute approximate surface area is 259 Å². The van der Waals surface area contributed by atoms with Crippen LogP contribution in [-0.2, 0) is 10.8 Å². The summed E-state index contributed by atoms with van der Waals surface area (Å²) in [5.74, 6) is 0. The zero-order valence-electron chi connectivity index (χ0n) is 25.7. The average Bonchev–Trinajstić information content (AvgIpc) is 3.42. The van der Waals surface area contributed by atoms with Crippen LogP contribution in [0, 0.1) is 0 Å². The summed E-state index contributed by atoms with van der Waals surface area (Å²) in [6, 6.07) is 50.3. The Morgan fingerprint density at radius 3 is 1.14 bits per heavy atom. The van der Waals surface area contributed by atoms with Crippen molar-refractivity contribution >= 4 is 21.5 Å². The Morgan fingerprint density at radius 1 is 0.318 bits per heavy atom. The van der Waals surface area contributed by atoms with E-state index in [1.807, 2.05) is 0 Å². The molecule has 0 fully saturated rings. The second kappa shape index (κ2) is 8.80. The maximum Gasteiger partial charge on any atom is 0.0159 e. The van der Waals surface area contributed by atoms with E-state index in [4.69, 9.17) is 0 Å². The van der Waals surface area contributed by atoms with Gasteiger partial charge < -0.3 is 0 Å². The fourth-order valence-corrected chi connectivity index (χ4v) is 8.28. The molecular weight excluding hydrogens is 528 g/mol. The molecule has 0 nitrogen and oxygen atoms in total. The third-order valence-corrected chi connectivity index (χ3v) is 10.7. The molecule has 0 atom stereocenters. The van der Waals surface area contributed by atoms with Gasteiger partial charge in [-0.3, -0.25) is 0 Å². The molecule has 0 unspecified atom stereocenters. The van der Waals surface area contributed by atoms with E-state index >= 15 is 0 Å². The first-order chi connectivity index (χ1) is 21.3. The maximum absolute atomic E-state index is 2.45. The molecule has 0 radical (unpaired) electrons. The van der Waals surface area contributed by atoms with Crippen LogP contribution in [0.1, 0.15) is 49.9 Å². The van der Waals surface area contributed by atoms with E-state index in [0.717, 1.165) is 0 Å². The highest BCUT2D eigenvalue weighted by atomic mass is 14.4. The van der Waals surface area contributed by atoms with Crippen molar-refractivity contribution in [3.05, 3.63) is 156 Å². The standard InChI is InChI=1S/C44H34/c1-43(2)39-15-9-7-13-33(39)35-19-17-29(25-41(35)43)31-21-22-32(38-24-28-12-6-5-11-27(28)23-37(31)38)30-18-20-36-34-14-8-10-16-40(34)44(3,4)42(36)26-30/h5-26H,1-4H3. The van der Waals surface area contributed by atoms with Crippen LogP contribution >= 0.6 is 0 Å². The number of hydrogen-bond acceptors (Lipinski definition) is 0. The van der Waals surface area contributed by atoms with E-state index in [1.165, 1.54) is 88.3 Å². The van der Waals surface area contributed by atoms with Gasteiger partial charge in [0.1, 0.15) is 0 Å². The second-order valence-electron chi connectivity index (χ2n) is 13.8. The summed E-state index contributed by atoms with van der Waals surface area (Å²) in [6.45, 7) is 9.46. The summed E-state index contributed by atoms with van der Waals surface area (Å²) in [7, 11) is 0. The van der Waals surface area contributed by atoms with Gasteiger partial charge >= 0.3 is 0 Å². The molecule has 2 aliphatic carbocycles. The van der Waals surface area contributed by atoms with Gasteiger partial charge in [-0.2, -0.15) is 0 Å². The number of benzene rings is 7. The molecule has 0 aliphatic heterocycles. The van der Waals surface area contributed by atoms with Crippen molar-refractivity contribution in [3.8, 4) is 44.5 Å². The molecule has 0 heterocycles. The lowest BCUT2D eigenvalue weighted by Crippen LogP contribution is -2.15. The number of fused-ring (bicyclic) bond motifs is 8. The van der Waals surface area contributed by atoms with Crippen LogP contribution in [0.15, 0.2) is 133 Å². The molecule has 0 heteroatoms. The molecular formula is C44H34. The molecule has 0 saturated carbocycles. The van der Waals surface area contributed by atoms with Crippen molar-refractivity contribution in [2.75, 3.05) is 0 Å². The largest absolute Gasteiger partial charge is 0.0619 e. The molecule has 44 heavy (non-hydrogen) atoms. The first kappa shape index (κ1) is 25.5. The number of rotatable bonds is 2. The molecule has 7 aromatic rings. The van der Waals surface area contributed by atoms with Crippen LogP contribution < -0.4 is 0 Å². The quantitative estimate of drug-likeness (QED) is 0.184. The van der Waals surface area contributed by atoms with Gasteiger partial charge in [-0.1, -0.05) is 137 Å². The lowest BCUT2D eigenvalue weighted by atomic mass is 9.80. The van der Waals surface area contributed by atoms with Crippen LogP contribution in [0.2, 0.25) is 0 Å². The zero-order chi connectivity index (χ0) is 29.8. The summed E-state index contributed by atoms with van der Waals surface area (Å²) in [4.78, 5) is 0. The molecule has 0 N–H and O–H groups in total. The van der Waals surface area contributed by atoms with Crippen molar-refractivity contribution in [2.24, 2.45) is 0 Å². The van der Waals surface area contributed by atoms with E-state index in [2.05, 4.69) is 161 Å². The highest BCUT2D eigenvalue weighted by molar-refractivity contribution is 6.11. The van der Waals surface area contributed by atoms with Crippen LogP contribution in [-0.4, -0.2) is 0 Å². The smallest absolute Gasteiger partial charge is 0.0159 e. The van der Waals surface area contributed by atoms with Gasteiger partial charge in [-0.25, -0.2) is 0 Å². The fraction of sp³-hybridized carbons (Fsp3) is 0.136. The van der Waals surface area contributed by atoms with Crippen molar-refractivity contribution in [1.82, 2.24) is 0 Å². The minimum atomic E-state index is -0.0286. The van der Waals surface area contributed by atoms with E-state index in [-0.39, 0.29) is 10.8 Å². The van der Waals surface area contributed by atoms with Crippen LogP contribution in [0.5, 0.6) is 0 Å². The topological polar surface area (TPSA) is 0 Å². The average molecular weight is 563 g/mol. The normalized spacial score (nSPS) is 15.2. The summed E-state index contributed by atoms with van der Waals surface area (Å²) < 4.78 is 0. The maximum atomic E-state index is 2.45. The minimum absolute atomic E-state index is 0.0286. The van der Waals surface area contributed by atoms with Gasteiger partial charge in [-0.15, -0.1) is 0 Å². The Morgan fingerprint density at radius 2 is 0.682 bits per heavy atom. The predicted octanol–water partition coefficient (Wildman–Crippen LogP) is 11.9. The molecule has 7 aromatic carbocycles. The zero-order valence-corrected chi connectivity index (χ0v) is 25.7. The van der Waals surface area contributed by atoms with E-state index in [0.29, 0.717) is 0 Å². The van der Waals surface area contributed by atoms with Crippen molar-refractivity contribution in [1.29, 1.82) is 0 Å². The summed E-state index contributed by atoms with van der Waals surface area (Å²) >= 11 is 0. The lowest BCUT2D eigenvalue weighted by molar-refractivity contribution is 0.660. The Balaban J connectivity index is 1.26. The third kappa shape index (κ3) is 3.40. The first-order valence-corrected chi connectivity index (χ1v) is 15.8. The second-order valence-corrected chi connectivity index (χ2v) is 13.8. The van der Waals surface area contributed by atoms with Crippen LogP contribution in [0.25, 0.3) is 66.1 Å². The summed E-state index contributed by atoms with van der Waals surface area (Å²) in [6.07, 6.45) is 0. The van der Waals surface area contributed by atoms with Crippen LogP contribution in [0.4, 0.5) is 0 Å². The van der Waals surface area contributed by atoms with Crippen molar-refractivity contribution in [2.45, 2.75) is 38.5 Å². The van der Waals surface area contributed by atoms with E-state index in [1.54, 1.807) is 0 Å². The molecule has 0 aromatic heterocycles. The van der Waals surface area contributed by atoms with Crippen molar-refractivity contribution in [3.63, 3.8) is 0 Å². The first-order valence-electron chi connectivity index (χ1n) is 15.8. The molecule has 0 bridgehead atoms. The Hall–Kier alpha value is -4.94. The summed E-state index contributed by atoms with van der Waals surface area (Å²) in [5.41, 5.74) is 16.2. The third-order valence-electron chi connectivity index (χ3n) is 10.7. The Kier molecular flexibility index (Phi) is 5.11. The highest BCUT2D eigenvalue weighted by Gasteiger charge is 2.36. The molecule has 2 aliphatic rings. The monoisotopic (exact) mass is 562 g/mol. The van der Waals surface area contributed by atoms with E-state index in [9.17, 15) is 0 Å². The van der Waals surface area contributed by atoms with Gasteiger partial charge in [0.2, 0.25) is 0 Å². The highest BCUT2D eigenvalue weighted by Crippen LogP contribution is 2.52. The van der Waals surface area contributed by atoms with Crippen LogP contribution in [0.3, 0.4) is 0 Å². The minimum Gasteiger partial charge on any atom is -0.0619 e. The number of hydrogen-bond donors (Lipinski definition) is 0. The lowest BCUT2D eigenvalue weighted by Gasteiger charge is -2.23. The van der Waals surface area contributed by atoms with E-state index < -0.39 is 0 Å². The molecule has 9 rings (SSSR count). The molecule has 210 valence electrons.